The van der Waals surface area contributed by atoms with Crippen LogP contribution in [-0.2, 0) is 17.0 Å². The molecule has 1 N–H and O–H groups in total. The Kier molecular flexibility index (Phi) is 9.09. The zero-order chi connectivity index (χ0) is 13.3. The second kappa shape index (κ2) is 9.42. The van der Waals surface area contributed by atoms with Crippen molar-refractivity contribution in [1.29, 1.82) is 0 Å². The van der Waals surface area contributed by atoms with Gasteiger partial charge in [-0.2, -0.15) is 11.8 Å². The molecule has 0 bridgehead atoms. The Balaban J connectivity index is 0.00000121. The van der Waals surface area contributed by atoms with E-state index in [1.807, 2.05) is 38.5 Å². The molecule has 1 aromatic carbocycles. The number of carboxylic acids is 1. The minimum absolute atomic E-state index is 0.107. The van der Waals surface area contributed by atoms with Gasteiger partial charge in [-0.15, -0.1) is 11.8 Å². The highest BCUT2D eigenvalue weighted by atomic mass is 32.2. The van der Waals surface area contributed by atoms with Crippen LogP contribution < -0.4 is 0 Å². The summed E-state index contributed by atoms with van der Waals surface area (Å²) in [5.41, 5.74) is 2.09. The number of benzene rings is 1. The lowest BCUT2D eigenvalue weighted by molar-refractivity contribution is -0.136. The smallest absolute Gasteiger partial charge is 0.307 e. The average molecular weight is 272 g/mol. The molecule has 96 valence electrons. The first-order valence-corrected chi connectivity index (χ1v) is 8.15. The van der Waals surface area contributed by atoms with Gasteiger partial charge in [0.15, 0.2) is 0 Å². The molecule has 17 heavy (non-hydrogen) atoms. The first kappa shape index (κ1) is 16.4. The fourth-order valence-corrected chi connectivity index (χ4v) is 2.41. The van der Waals surface area contributed by atoms with Gasteiger partial charge in [0.2, 0.25) is 0 Å². The molecule has 0 spiro atoms. The lowest BCUT2D eigenvalue weighted by Crippen LogP contribution is -2.00. The van der Waals surface area contributed by atoms with E-state index in [9.17, 15) is 4.79 Å². The summed E-state index contributed by atoms with van der Waals surface area (Å²) in [5.74, 6) is 0.157. The monoisotopic (exact) mass is 272 g/mol. The third-order valence-electron chi connectivity index (χ3n) is 1.93. The summed E-state index contributed by atoms with van der Waals surface area (Å²) in [4.78, 5) is 11.8. The maximum absolute atomic E-state index is 10.6. The molecular weight excluding hydrogens is 252 g/mol. The highest BCUT2D eigenvalue weighted by Crippen LogP contribution is 2.21. The standard InChI is InChI=1S/C11H14O2S2.C2H6/c1-14-7-9-3-8(6-11(12)13)4-10(5-9)15-2;1-2/h3-5H,6-7H2,1-2H3,(H,12,13);1-2H3. The zero-order valence-corrected chi connectivity index (χ0v) is 12.5. The molecule has 0 aliphatic rings. The Morgan fingerprint density at radius 1 is 1.18 bits per heavy atom. The van der Waals surface area contributed by atoms with E-state index in [1.165, 1.54) is 5.56 Å². The van der Waals surface area contributed by atoms with Crippen molar-refractivity contribution in [3.05, 3.63) is 29.3 Å². The SMILES string of the molecule is CC.CSCc1cc(CC(=O)O)cc(SC)c1. The van der Waals surface area contributed by atoms with Crippen molar-refractivity contribution in [1.82, 2.24) is 0 Å². The molecule has 2 nitrogen and oxygen atoms in total. The third kappa shape index (κ3) is 6.64. The van der Waals surface area contributed by atoms with Crippen LogP contribution in [0.1, 0.15) is 25.0 Å². The van der Waals surface area contributed by atoms with E-state index in [0.717, 1.165) is 16.2 Å². The Morgan fingerprint density at radius 2 is 1.76 bits per heavy atom. The number of carbonyl (C=O) groups is 1. The summed E-state index contributed by atoms with van der Waals surface area (Å²) in [7, 11) is 0. The van der Waals surface area contributed by atoms with E-state index in [2.05, 4.69) is 6.07 Å². The van der Waals surface area contributed by atoms with Gasteiger partial charge in [0.25, 0.3) is 0 Å². The van der Waals surface area contributed by atoms with E-state index >= 15 is 0 Å². The van der Waals surface area contributed by atoms with Crippen LogP contribution in [0.25, 0.3) is 0 Å². The van der Waals surface area contributed by atoms with Crippen LogP contribution in [0, 0.1) is 0 Å². The van der Waals surface area contributed by atoms with E-state index in [-0.39, 0.29) is 6.42 Å². The van der Waals surface area contributed by atoms with Gasteiger partial charge < -0.3 is 5.11 Å². The number of hydrogen-bond donors (Lipinski definition) is 1. The molecule has 0 unspecified atom stereocenters. The molecule has 0 fully saturated rings. The van der Waals surface area contributed by atoms with E-state index in [1.54, 1.807) is 23.5 Å². The van der Waals surface area contributed by atoms with Crippen molar-refractivity contribution < 1.29 is 9.90 Å². The topological polar surface area (TPSA) is 37.3 Å². The number of aliphatic carboxylic acids is 1. The fraction of sp³-hybridized carbons (Fsp3) is 0.462. The molecule has 0 aliphatic carbocycles. The van der Waals surface area contributed by atoms with Crippen molar-refractivity contribution in [2.75, 3.05) is 12.5 Å². The van der Waals surface area contributed by atoms with Gasteiger partial charge in [0.05, 0.1) is 6.42 Å². The Morgan fingerprint density at radius 3 is 2.24 bits per heavy atom. The van der Waals surface area contributed by atoms with Gasteiger partial charge in [-0.1, -0.05) is 19.9 Å². The first-order valence-electron chi connectivity index (χ1n) is 5.53. The summed E-state index contributed by atoms with van der Waals surface area (Å²) in [6.45, 7) is 4.00. The largest absolute Gasteiger partial charge is 0.481 e. The molecule has 0 aliphatic heterocycles. The highest BCUT2D eigenvalue weighted by molar-refractivity contribution is 7.98. The minimum Gasteiger partial charge on any atom is -0.481 e. The van der Waals surface area contributed by atoms with E-state index in [4.69, 9.17) is 5.11 Å². The summed E-state index contributed by atoms with van der Waals surface area (Å²) in [6.07, 6.45) is 4.15. The van der Waals surface area contributed by atoms with Gasteiger partial charge in [-0.25, -0.2) is 0 Å². The highest BCUT2D eigenvalue weighted by Gasteiger charge is 2.04. The Bertz CT molecular complexity index is 351. The van der Waals surface area contributed by atoms with Crippen LogP contribution in [-0.4, -0.2) is 23.6 Å². The normalized spacial score (nSPS) is 9.41. The lowest BCUT2D eigenvalue weighted by Gasteiger charge is -2.06. The molecule has 1 aromatic rings. The Labute approximate surface area is 112 Å². The average Bonchev–Trinajstić information content (AvgIpc) is 2.31. The molecular formula is C13H20O2S2. The zero-order valence-electron chi connectivity index (χ0n) is 10.8. The number of carboxylic acid groups (broad SMARTS) is 1. The molecule has 1 rings (SSSR count). The molecule has 0 radical (unpaired) electrons. The minimum atomic E-state index is -0.775. The number of thioether (sulfide) groups is 2. The second-order valence-corrected chi connectivity index (χ2v) is 4.94. The van der Waals surface area contributed by atoms with Crippen LogP contribution in [0.4, 0.5) is 0 Å². The van der Waals surface area contributed by atoms with Crippen molar-refractivity contribution in [2.45, 2.75) is 30.9 Å². The summed E-state index contributed by atoms with van der Waals surface area (Å²) >= 11 is 3.39. The van der Waals surface area contributed by atoms with Crippen molar-refractivity contribution >= 4 is 29.5 Å². The second-order valence-electron chi connectivity index (χ2n) is 3.19. The van der Waals surface area contributed by atoms with Crippen molar-refractivity contribution in [2.24, 2.45) is 0 Å². The molecule has 0 saturated carbocycles. The van der Waals surface area contributed by atoms with Crippen LogP contribution in [0.15, 0.2) is 23.1 Å². The summed E-state index contributed by atoms with van der Waals surface area (Å²) < 4.78 is 0. The third-order valence-corrected chi connectivity index (χ3v) is 3.26. The first-order chi connectivity index (χ1) is 8.15. The van der Waals surface area contributed by atoms with Crippen molar-refractivity contribution in [3.8, 4) is 0 Å². The molecule has 0 atom stereocenters. The summed E-state index contributed by atoms with van der Waals surface area (Å²) in [6, 6.07) is 6.04. The predicted molar refractivity (Wildman–Crippen MR) is 78.1 cm³/mol. The van der Waals surface area contributed by atoms with Gasteiger partial charge in [-0.3, -0.25) is 4.79 Å². The van der Waals surface area contributed by atoms with Gasteiger partial charge in [-0.05, 0) is 35.8 Å². The van der Waals surface area contributed by atoms with Crippen molar-refractivity contribution in [3.63, 3.8) is 0 Å². The van der Waals surface area contributed by atoms with Gasteiger partial charge in [0.1, 0.15) is 0 Å². The van der Waals surface area contributed by atoms with E-state index in [0.29, 0.717) is 0 Å². The van der Waals surface area contributed by atoms with Crippen LogP contribution in [0.5, 0.6) is 0 Å². The maximum Gasteiger partial charge on any atom is 0.307 e. The number of hydrogen-bond acceptors (Lipinski definition) is 3. The van der Waals surface area contributed by atoms with Gasteiger partial charge in [0, 0.05) is 10.6 Å². The quantitative estimate of drug-likeness (QED) is 0.824. The van der Waals surface area contributed by atoms with Gasteiger partial charge >= 0.3 is 5.97 Å². The lowest BCUT2D eigenvalue weighted by atomic mass is 10.1. The van der Waals surface area contributed by atoms with Crippen LogP contribution in [0.3, 0.4) is 0 Å². The molecule has 0 heterocycles. The molecule has 0 saturated heterocycles. The molecule has 4 heteroatoms. The van der Waals surface area contributed by atoms with E-state index < -0.39 is 5.97 Å². The predicted octanol–water partition coefficient (Wildman–Crippen LogP) is 3.92. The number of rotatable bonds is 5. The Hall–Kier alpha value is -0.610. The maximum atomic E-state index is 10.6. The fourth-order valence-electron chi connectivity index (χ4n) is 1.37. The molecule has 0 amide bonds. The summed E-state index contributed by atoms with van der Waals surface area (Å²) in [5, 5.41) is 8.74. The van der Waals surface area contributed by atoms with Crippen LogP contribution in [0.2, 0.25) is 0 Å². The molecule has 0 aromatic heterocycles. The van der Waals surface area contributed by atoms with Crippen LogP contribution >= 0.6 is 23.5 Å².